The van der Waals surface area contributed by atoms with Gasteiger partial charge in [-0.2, -0.15) is 13.5 Å². The molecule has 0 aliphatic carbocycles. The molecular weight excluding hydrogens is 671 g/mol. The van der Waals surface area contributed by atoms with Gasteiger partial charge in [0.25, 0.3) is 20.1 Å². The molecule has 3 N–H and O–H groups in total. The second kappa shape index (κ2) is 14.7. The van der Waals surface area contributed by atoms with Gasteiger partial charge in [0.1, 0.15) is 10.7 Å². The van der Waals surface area contributed by atoms with Crippen molar-refractivity contribution in [1.82, 2.24) is 20.1 Å². The zero-order valence-corrected chi connectivity index (χ0v) is 29.4. The average Bonchev–Trinajstić information content (AvgIpc) is 3.23. The summed E-state index contributed by atoms with van der Waals surface area (Å²) in [5.74, 6) is 1.17. The van der Waals surface area contributed by atoms with Crippen molar-refractivity contribution in [3.63, 3.8) is 0 Å². The Morgan fingerprint density at radius 2 is 1.57 bits per heavy atom. The van der Waals surface area contributed by atoms with Crippen LogP contribution in [0, 0.1) is 19.8 Å². The summed E-state index contributed by atoms with van der Waals surface area (Å²) in [5.41, 5.74) is 4.40. The number of benzene rings is 2. The molecule has 0 unspecified atom stereocenters. The number of halogens is 2. The third kappa shape index (κ3) is 8.78. The van der Waals surface area contributed by atoms with Crippen LogP contribution >= 0.6 is 23.2 Å². The van der Waals surface area contributed by atoms with Gasteiger partial charge in [0.05, 0.1) is 32.0 Å². The second-order valence-corrected chi connectivity index (χ2v) is 15.3. The monoisotopic (exact) mass is 708 g/mol. The van der Waals surface area contributed by atoms with E-state index in [-0.39, 0.29) is 19.8 Å². The van der Waals surface area contributed by atoms with Gasteiger partial charge >= 0.3 is 0 Å². The third-order valence-corrected chi connectivity index (χ3v) is 10.5. The molecule has 0 radical (unpaired) electrons. The topological polar surface area (TPSA) is 147 Å². The largest absolute Gasteiger partial charge is 0.354 e. The summed E-state index contributed by atoms with van der Waals surface area (Å²) in [7, 11) is -6.29. The lowest BCUT2D eigenvalue weighted by molar-refractivity contribution is 0.483. The Bertz CT molecular complexity index is 1880. The van der Waals surface area contributed by atoms with Crippen molar-refractivity contribution in [3.05, 3.63) is 81.7 Å². The fourth-order valence-electron chi connectivity index (χ4n) is 4.88. The highest BCUT2D eigenvalue weighted by Gasteiger charge is 2.27. The van der Waals surface area contributed by atoms with Crippen LogP contribution in [0.15, 0.2) is 64.5 Å². The average molecular weight is 710 g/mol. The molecule has 4 aromatic rings. The fourth-order valence-corrected chi connectivity index (χ4v) is 7.73. The van der Waals surface area contributed by atoms with Crippen LogP contribution in [0.5, 0.6) is 0 Å². The van der Waals surface area contributed by atoms with E-state index in [1.54, 1.807) is 42.2 Å². The molecular formula is C31H38Cl2N6O5S2. The van der Waals surface area contributed by atoms with Gasteiger partial charge in [-0.15, -0.1) is 0 Å². The first-order valence-electron chi connectivity index (χ1n) is 14.6. The van der Waals surface area contributed by atoms with Crippen LogP contribution in [0.4, 0.5) is 11.5 Å². The molecule has 15 heteroatoms. The molecule has 1 aliphatic rings. The zero-order chi connectivity index (χ0) is 33.8. The number of pyridine rings is 1. The molecule has 11 nitrogen and oxygen atoms in total. The van der Waals surface area contributed by atoms with E-state index in [4.69, 9.17) is 27.8 Å². The van der Waals surface area contributed by atoms with E-state index in [1.165, 1.54) is 12.1 Å². The molecule has 0 saturated carbocycles. The fraction of sp³-hybridized carbons (Fsp3) is 0.355. The van der Waals surface area contributed by atoms with E-state index in [9.17, 15) is 16.8 Å². The first-order valence-corrected chi connectivity index (χ1v) is 18.3. The van der Waals surface area contributed by atoms with Crippen LogP contribution in [-0.2, 0) is 33.6 Å². The number of piperazine rings is 1. The molecule has 0 spiro atoms. The van der Waals surface area contributed by atoms with Gasteiger partial charge in [0.2, 0.25) is 0 Å². The molecule has 0 bridgehead atoms. The predicted octanol–water partition coefficient (Wildman–Crippen LogP) is 5.75. The quantitative estimate of drug-likeness (QED) is 0.195. The maximum absolute atomic E-state index is 13.4. The highest BCUT2D eigenvalue weighted by Crippen LogP contribution is 2.37. The number of hydrogen-bond donors (Lipinski definition) is 3. The number of anilines is 2. The summed E-state index contributed by atoms with van der Waals surface area (Å²) in [6, 6.07) is 13.1. The van der Waals surface area contributed by atoms with Crippen molar-refractivity contribution < 1.29 is 21.4 Å². The van der Waals surface area contributed by atoms with E-state index in [0.717, 1.165) is 48.7 Å². The van der Waals surface area contributed by atoms with Gasteiger partial charge in [-0.05, 0) is 73.7 Å². The minimum atomic E-state index is -4.06. The van der Waals surface area contributed by atoms with Gasteiger partial charge in [-0.1, -0.05) is 54.7 Å². The van der Waals surface area contributed by atoms with Crippen LogP contribution in [0.1, 0.15) is 30.8 Å². The Hall–Kier alpha value is -3.20. The van der Waals surface area contributed by atoms with Crippen molar-refractivity contribution in [3.8, 4) is 11.1 Å². The SMILES string of the molecule is Cc1c(NS(=O)(=O)c2c(Cl)cc(-c3ccnc(N4CCNCC4)c3)cc2Cl)c(CC(C)C)nn1C.Cc1ccc(S(=O)(=O)O)cc1. The van der Waals surface area contributed by atoms with E-state index in [0.29, 0.717) is 29.4 Å². The van der Waals surface area contributed by atoms with E-state index < -0.39 is 20.1 Å². The lowest BCUT2D eigenvalue weighted by Crippen LogP contribution is -2.43. The molecule has 3 heterocycles. The Balaban J connectivity index is 0.000000369. The van der Waals surface area contributed by atoms with Crippen LogP contribution in [0.2, 0.25) is 10.0 Å². The van der Waals surface area contributed by atoms with Crippen LogP contribution in [-0.4, -0.2) is 62.3 Å². The molecule has 1 saturated heterocycles. The summed E-state index contributed by atoms with van der Waals surface area (Å²) in [4.78, 5) is 6.48. The van der Waals surface area contributed by atoms with E-state index >= 15 is 0 Å². The van der Waals surface area contributed by atoms with Crippen molar-refractivity contribution in [2.75, 3.05) is 35.8 Å². The lowest BCUT2D eigenvalue weighted by Gasteiger charge is -2.28. The summed E-state index contributed by atoms with van der Waals surface area (Å²) >= 11 is 13.1. The number of nitrogens with zero attached hydrogens (tertiary/aromatic N) is 4. The summed E-state index contributed by atoms with van der Waals surface area (Å²) in [5, 5.41) is 7.91. The van der Waals surface area contributed by atoms with Crippen LogP contribution in [0.3, 0.4) is 0 Å². The van der Waals surface area contributed by atoms with Gasteiger partial charge < -0.3 is 10.2 Å². The maximum Gasteiger partial charge on any atom is 0.294 e. The molecule has 0 atom stereocenters. The van der Waals surface area contributed by atoms with Crippen molar-refractivity contribution >= 4 is 54.8 Å². The summed E-state index contributed by atoms with van der Waals surface area (Å²) in [6.07, 6.45) is 2.37. The van der Waals surface area contributed by atoms with Crippen molar-refractivity contribution in [2.24, 2.45) is 13.0 Å². The Morgan fingerprint density at radius 3 is 2.13 bits per heavy atom. The number of rotatable bonds is 8. The highest BCUT2D eigenvalue weighted by molar-refractivity contribution is 7.93. The Labute approximate surface area is 280 Å². The van der Waals surface area contributed by atoms with E-state index in [2.05, 4.69) is 38.9 Å². The summed E-state index contributed by atoms with van der Waals surface area (Å²) in [6.45, 7) is 11.3. The minimum Gasteiger partial charge on any atom is -0.354 e. The third-order valence-electron chi connectivity index (χ3n) is 7.35. The Morgan fingerprint density at radius 1 is 0.957 bits per heavy atom. The summed E-state index contributed by atoms with van der Waals surface area (Å²) < 4.78 is 60.7. The Kier molecular flexibility index (Phi) is 11.4. The van der Waals surface area contributed by atoms with E-state index in [1.807, 2.05) is 26.0 Å². The van der Waals surface area contributed by atoms with Gasteiger partial charge in [0.15, 0.2) is 0 Å². The number of aromatic nitrogens is 3. The molecule has 46 heavy (non-hydrogen) atoms. The smallest absolute Gasteiger partial charge is 0.294 e. The van der Waals surface area contributed by atoms with Gasteiger partial charge in [-0.25, -0.2) is 13.4 Å². The normalized spacial score (nSPS) is 13.8. The van der Waals surface area contributed by atoms with Crippen molar-refractivity contribution in [2.45, 2.75) is 43.9 Å². The number of hydrogen-bond acceptors (Lipinski definition) is 8. The molecule has 0 amide bonds. The van der Waals surface area contributed by atoms with Crippen LogP contribution in [0.25, 0.3) is 11.1 Å². The number of sulfonamides is 1. The molecule has 2 aromatic heterocycles. The number of aryl methyl sites for hydroxylation is 2. The standard InChI is InChI=1S/C24H30Cl2N6O2S.C7H8O3S/c1-15(2)11-21-23(16(3)31(4)29-21)30-35(33,34)24-19(25)12-18(13-20(24)26)17-5-6-28-22(14-17)32-9-7-27-8-10-32;1-6-2-4-7(5-3-6)11(8,9)10/h5-6,12-15,27,30H,7-11H2,1-4H3;2-5H,1H3,(H,8,9,10). The first-order chi connectivity index (χ1) is 21.6. The molecule has 5 rings (SSSR count). The van der Waals surface area contributed by atoms with Gasteiger partial charge in [0, 0.05) is 39.4 Å². The minimum absolute atomic E-state index is 0.0486. The molecule has 1 aliphatic heterocycles. The molecule has 1 fully saturated rings. The van der Waals surface area contributed by atoms with Crippen LogP contribution < -0.4 is 14.9 Å². The van der Waals surface area contributed by atoms with Crippen molar-refractivity contribution in [1.29, 1.82) is 0 Å². The first kappa shape index (κ1) is 35.7. The predicted molar refractivity (Wildman–Crippen MR) is 183 cm³/mol. The lowest BCUT2D eigenvalue weighted by atomic mass is 10.1. The number of nitrogens with one attached hydrogen (secondary N) is 2. The molecule has 248 valence electrons. The molecule has 2 aromatic carbocycles. The second-order valence-electron chi connectivity index (χ2n) is 11.4. The zero-order valence-electron chi connectivity index (χ0n) is 26.3. The van der Waals surface area contributed by atoms with Gasteiger partial charge in [-0.3, -0.25) is 14.0 Å². The highest BCUT2D eigenvalue weighted by atomic mass is 35.5. The maximum atomic E-state index is 13.4.